The molecule has 3 heteroatoms. The quantitative estimate of drug-likeness (QED) is 0.572. The molecule has 12 heavy (non-hydrogen) atoms. The molecule has 0 aromatic carbocycles. The van der Waals surface area contributed by atoms with Crippen LogP contribution >= 0.6 is 0 Å². The van der Waals surface area contributed by atoms with Gasteiger partial charge in [0.1, 0.15) is 0 Å². The number of hydrogen-bond donors (Lipinski definition) is 2. The van der Waals surface area contributed by atoms with Gasteiger partial charge in [0.15, 0.2) is 0 Å². The Morgan fingerprint density at radius 2 is 1.92 bits per heavy atom. The summed E-state index contributed by atoms with van der Waals surface area (Å²) in [6.07, 6.45) is 1.86. The van der Waals surface area contributed by atoms with E-state index in [4.69, 9.17) is 0 Å². The lowest BCUT2D eigenvalue weighted by Gasteiger charge is -2.47. The maximum Gasteiger partial charge on any atom is 0.0571 e. The first-order valence-corrected chi connectivity index (χ1v) is 4.95. The normalized spacial score (nSPS) is 43.0. The Bertz CT molecular complexity index is 149. The van der Waals surface area contributed by atoms with Gasteiger partial charge in [-0.1, -0.05) is 6.92 Å². The van der Waals surface area contributed by atoms with E-state index in [2.05, 4.69) is 17.1 Å². The highest BCUT2D eigenvalue weighted by molar-refractivity contribution is 4.93. The third-order valence-electron chi connectivity index (χ3n) is 3.15. The molecule has 2 N–H and O–H groups in total. The first-order chi connectivity index (χ1) is 5.81. The molecule has 0 amide bonds. The molecule has 70 valence electrons. The van der Waals surface area contributed by atoms with Crippen molar-refractivity contribution in [3.8, 4) is 0 Å². The van der Waals surface area contributed by atoms with E-state index < -0.39 is 0 Å². The van der Waals surface area contributed by atoms with Gasteiger partial charge in [0, 0.05) is 25.2 Å². The minimum Gasteiger partial charge on any atom is -0.393 e. The van der Waals surface area contributed by atoms with Crippen molar-refractivity contribution in [2.24, 2.45) is 0 Å². The van der Waals surface area contributed by atoms with E-state index in [-0.39, 0.29) is 6.10 Å². The van der Waals surface area contributed by atoms with Crippen LogP contribution in [0, 0.1) is 0 Å². The van der Waals surface area contributed by atoms with Crippen molar-refractivity contribution in [1.29, 1.82) is 0 Å². The summed E-state index contributed by atoms with van der Waals surface area (Å²) in [4.78, 5) is 2.53. The molecule has 3 nitrogen and oxygen atoms in total. The topological polar surface area (TPSA) is 35.5 Å². The van der Waals surface area contributed by atoms with Crippen molar-refractivity contribution in [3.63, 3.8) is 0 Å². The highest BCUT2D eigenvalue weighted by atomic mass is 16.3. The average Bonchev–Trinajstić information content (AvgIpc) is 2.02. The van der Waals surface area contributed by atoms with Gasteiger partial charge in [-0.15, -0.1) is 0 Å². The molecule has 0 aliphatic carbocycles. The van der Waals surface area contributed by atoms with Crippen LogP contribution in [0.15, 0.2) is 0 Å². The van der Waals surface area contributed by atoms with Gasteiger partial charge in [-0.25, -0.2) is 0 Å². The minimum atomic E-state index is -0.0510. The Labute approximate surface area is 73.8 Å². The first-order valence-electron chi connectivity index (χ1n) is 4.95. The Morgan fingerprint density at radius 3 is 2.42 bits per heavy atom. The summed E-state index contributed by atoms with van der Waals surface area (Å²) in [6.45, 7) is 5.45. The number of aliphatic hydroxyl groups is 1. The fourth-order valence-electron chi connectivity index (χ4n) is 2.63. The van der Waals surface area contributed by atoms with E-state index >= 15 is 0 Å². The summed E-state index contributed by atoms with van der Waals surface area (Å²) < 4.78 is 0. The zero-order chi connectivity index (χ0) is 8.55. The van der Waals surface area contributed by atoms with E-state index in [0.29, 0.717) is 12.1 Å². The van der Waals surface area contributed by atoms with Gasteiger partial charge in [-0.05, 0) is 19.4 Å². The number of hydrogen-bond acceptors (Lipinski definition) is 3. The molecule has 2 rings (SSSR count). The maximum atomic E-state index is 9.57. The van der Waals surface area contributed by atoms with E-state index in [1.165, 1.54) is 0 Å². The predicted molar refractivity (Wildman–Crippen MR) is 48.1 cm³/mol. The fraction of sp³-hybridized carbons (Fsp3) is 1.00. The lowest BCUT2D eigenvalue weighted by atomic mass is 9.90. The van der Waals surface area contributed by atoms with Crippen LogP contribution in [0.5, 0.6) is 0 Å². The summed E-state index contributed by atoms with van der Waals surface area (Å²) in [5.41, 5.74) is 0. The number of piperazine rings is 1. The SMILES string of the molecule is CCN1C2CNCC1CC(O)C2. The number of aliphatic hydroxyl groups excluding tert-OH is 1. The largest absolute Gasteiger partial charge is 0.393 e. The van der Waals surface area contributed by atoms with Crippen molar-refractivity contribution < 1.29 is 5.11 Å². The van der Waals surface area contributed by atoms with Gasteiger partial charge in [-0.2, -0.15) is 0 Å². The molecule has 2 fully saturated rings. The number of rotatable bonds is 1. The Morgan fingerprint density at radius 1 is 1.33 bits per heavy atom. The number of nitrogens with one attached hydrogen (secondary N) is 1. The maximum absolute atomic E-state index is 9.57. The third-order valence-corrected chi connectivity index (χ3v) is 3.15. The Balaban J connectivity index is 2.06. The highest BCUT2D eigenvalue weighted by Gasteiger charge is 2.36. The van der Waals surface area contributed by atoms with Crippen LogP contribution in [0.4, 0.5) is 0 Å². The van der Waals surface area contributed by atoms with Crippen LogP contribution in [0.2, 0.25) is 0 Å². The molecule has 0 aromatic rings. The van der Waals surface area contributed by atoms with Gasteiger partial charge in [0.25, 0.3) is 0 Å². The molecule has 2 saturated heterocycles. The summed E-state index contributed by atoms with van der Waals surface area (Å²) in [7, 11) is 0. The van der Waals surface area contributed by atoms with Crippen LogP contribution in [-0.4, -0.2) is 47.8 Å². The molecule has 0 aromatic heterocycles. The van der Waals surface area contributed by atoms with Crippen molar-refractivity contribution >= 4 is 0 Å². The molecule has 2 unspecified atom stereocenters. The lowest BCUT2D eigenvalue weighted by molar-refractivity contribution is -0.0141. The average molecular weight is 170 g/mol. The zero-order valence-corrected chi connectivity index (χ0v) is 7.66. The number of fused-ring (bicyclic) bond motifs is 2. The van der Waals surface area contributed by atoms with Crippen LogP contribution < -0.4 is 5.32 Å². The highest BCUT2D eigenvalue weighted by Crippen LogP contribution is 2.24. The molecule has 0 saturated carbocycles. The van der Waals surface area contributed by atoms with E-state index in [1.807, 2.05) is 0 Å². The van der Waals surface area contributed by atoms with E-state index in [9.17, 15) is 5.11 Å². The number of nitrogens with zero attached hydrogens (tertiary/aromatic N) is 1. The van der Waals surface area contributed by atoms with Crippen LogP contribution in [0.25, 0.3) is 0 Å². The molecular weight excluding hydrogens is 152 g/mol. The third kappa shape index (κ3) is 1.37. The second-order valence-corrected chi connectivity index (χ2v) is 3.92. The molecule has 2 bridgehead atoms. The smallest absolute Gasteiger partial charge is 0.0571 e. The number of piperidine rings is 1. The standard InChI is InChI=1S/C9H18N2O/c1-2-11-7-3-9(12)4-8(11)6-10-5-7/h7-10,12H,2-6H2,1H3. The lowest BCUT2D eigenvalue weighted by Crippen LogP contribution is -2.61. The van der Waals surface area contributed by atoms with Crippen molar-refractivity contribution in [1.82, 2.24) is 10.2 Å². The van der Waals surface area contributed by atoms with E-state index in [0.717, 1.165) is 32.5 Å². The van der Waals surface area contributed by atoms with Crippen LogP contribution in [-0.2, 0) is 0 Å². The van der Waals surface area contributed by atoms with Crippen molar-refractivity contribution in [2.75, 3.05) is 19.6 Å². The molecule has 2 aliphatic heterocycles. The fourth-order valence-corrected chi connectivity index (χ4v) is 2.63. The van der Waals surface area contributed by atoms with Crippen LogP contribution in [0.3, 0.4) is 0 Å². The minimum absolute atomic E-state index is 0.0510. The van der Waals surface area contributed by atoms with Gasteiger partial charge < -0.3 is 10.4 Å². The van der Waals surface area contributed by atoms with Gasteiger partial charge >= 0.3 is 0 Å². The van der Waals surface area contributed by atoms with Crippen LogP contribution in [0.1, 0.15) is 19.8 Å². The first kappa shape index (κ1) is 8.48. The molecule has 0 spiro atoms. The second-order valence-electron chi connectivity index (χ2n) is 3.92. The van der Waals surface area contributed by atoms with Crippen molar-refractivity contribution in [2.45, 2.75) is 38.0 Å². The predicted octanol–water partition coefficient (Wildman–Crippen LogP) is -0.197. The summed E-state index contributed by atoms with van der Waals surface area (Å²) in [5.74, 6) is 0. The molecular formula is C9H18N2O. The molecule has 2 atom stereocenters. The second kappa shape index (κ2) is 3.32. The summed E-state index contributed by atoms with van der Waals surface area (Å²) in [6, 6.07) is 1.16. The molecule has 0 radical (unpaired) electrons. The van der Waals surface area contributed by atoms with Gasteiger partial charge in [0.05, 0.1) is 6.10 Å². The number of likely N-dealkylation sites (N-methyl/N-ethyl adjacent to an activating group) is 1. The molecule has 2 heterocycles. The summed E-state index contributed by atoms with van der Waals surface area (Å²) in [5, 5.41) is 13.0. The Kier molecular flexibility index (Phi) is 2.35. The zero-order valence-electron chi connectivity index (χ0n) is 7.66. The van der Waals surface area contributed by atoms with Gasteiger partial charge in [0.2, 0.25) is 0 Å². The summed E-state index contributed by atoms with van der Waals surface area (Å²) >= 11 is 0. The Hall–Kier alpha value is -0.120. The van der Waals surface area contributed by atoms with Gasteiger partial charge in [-0.3, -0.25) is 4.90 Å². The monoisotopic (exact) mass is 170 g/mol. The molecule has 2 aliphatic rings. The van der Waals surface area contributed by atoms with Crippen molar-refractivity contribution in [3.05, 3.63) is 0 Å². The van der Waals surface area contributed by atoms with E-state index in [1.54, 1.807) is 0 Å².